The second-order valence-electron chi connectivity index (χ2n) is 1.15. The Kier molecular flexibility index (Phi) is 34.7. The Morgan fingerprint density at radius 3 is 0.909 bits per heavy atom. The lowest BCUT2D eigenvalue weighted by molar-refractivity contribution is 1.50. The molecule has 1 aromatic carbocycles. The number of benzene rings is 1. The van der Waals surface area contributed by atoms with Crippen molar-refractivity contribution in [2.45, 2.75) is 21.3 Å². The molecule has 1 nitrogen and oxygen atoms in total. The van der Waals surface area contributed by atoms with Crippen molar-refractivity contribution in [1.29, 1.82) is 5.26 Å². The summed E-state index contributed by atoms with van der Waals surface area (Å²) in [5.74, 6) is 0. The normalized spacial score (nSPS) is 5.09. The molecule has 0 unspecified atom stereocenters. The maximum atomic E-state index is 6.50. The van der Waals surface area contributed by atoms with Crippen LogP contribution >= 0.6 is 0 Å². The van der Waals surface area contributed by atoms with Crippen molar-refractivity contribution in [1.82, 2.24) is 0 Å². The molecular weight excluding hydrogens is 134 g/mol. The summed E-state index contributed by atoms with van der Waals surface area (Å²) in [6.45, 7) is 7.50. The Labute approximate surface area is 70.3 Å². The molecule has 0 amide bonds. The van der Waals surface area contributed by atoms with Crippen LogP contribution in [0.2, 0.25) is 0 Å². The van der Waals surface area contributed by atoms with Gasteiger partial charge in [0.25, 0.3) is 0 Å². The standard InChI is InChI=1S/C6H6.C2H6.CHN.CH4/c1-2-4-6-5-3-1;2*1-2;/h1-6H;1-2H3;1H;1H4. The third kappa shape index (κ3) is 17.7. The summed E-state index contributed by atoms with van der Waals surface area (Å²) in [5, 5.41) is 6.50. The van der Waals surface area contributed by atoms with Gasteiger partial charge in [0.1, 0.15) is 0 Å². The summed E-state index contributed by atoms with van der Waals surface area (Å²) < 4.78 is 0. The van der Waals surface area contributed by atoms with E-state index in [9.17, 15) is 0 Å². The third-order valence-electron chi connectivity index (χ3n) is 0.667. The molecule has 0 saturated carbocycles. The summed E-state index contributed by atoms with van der Waals surface area (Å²) in [6.07, 6.45) is 0. The van der Waals surface area contributed by atoms with Gasteiger partial charge in [-0.05, 0) is 0 Å². The summed E-state index contributed by atoms with van der Waals surface area (Å²) in [6, 6.07) is 12.0. The fraction of sp³-hybridized carbons (Fsp3) is 0.300. The average molecular weight is 151 g/mol. The highest BCUT2D eigenvalue weighted by molar-refractivity contribution is 4.99. The molecule has 0 bridgehead atoms. The van der Waals surface area contributed by atoms with Gasteiger partial charge in [-0.1, -0.05) is 57.7 Å². The van der Waals surface area contributed by atoms with Crippen LogP contribution in [-0.4, -0.2) is 0 Å². The number of nitrogens with zero attached hydrogens (tertiary/aromatic N) is 1. The highest BCUT2D eigenvalue weighted by Crippen LogP contribution is 1.79. The number of rotatable bonds is 0. The van der Waals surface area contributed by atoms with Gasteiger partial charge >= 0.3 is 0 Å². The van der Waals surface area contributed by atoms with Crippen LogP contribution in [0.4, 0.5) is 0 Å². The monoisotopic (exact) mass is 151 g/mol. The van der Waals surface area contributed by atoms with Crippen molar-refractivity contribution >= 4 is 0 Å². The first kappa shape index (κ1) is 16.4. The number of hydrogen-bond acceptors (Lipinski definition) is 1. The minimum Gasteiger partial charge on any atom is -0.202 e. The molecule has 1 heteroatoms. The molecule has 0 aliphatic heterocycles. The van der Waals surface area contributed by atoms with E-state index in [1.807, 2.05) is 50.2 Å². The van der Waals surface area contributed by atoms with Gasteiger partial charge in [0.2, 0.25) is 0 Å². The zero-order valence-electron chi connectivity index (χ0n) is 6.49. The summed E-state index contributed by atoms with van der Waals surface area (Å²) in [7, 11) is 0. The summed E-state index contributed by atoms with van der Waals surface area (Å²) >= 11 is 0. The average Bonchev–Trinajstić information content (AvgIpc) is 2.14. The fourth-order valence-corrected chi connectivity index (χ4v) is 0.385. The van der Waals surface area contributed by atoms with E-state index in [0.717, 1.165) is 0 Å². The van der Waals surface area contributed by atoms with Crippen LogP contribution in [0.3, 0.4) is 0 Å². The first-order chi connectivity index (χ1) is 5.00. The molecule has 1 aromatic rings. The lowest BCUT2D eigenvalue weighted by atomic mass is 10.4. The van der Waals surface area contributed by atoms with Gasteiger partial charge in [-0.15, -0.1) is 0 Å². The molecule has 0 atom stereocenters. The SMILES string of the molecule is C.C#N.CC.c1ccccc1. The second kappa shape index (κ2) is 23.3. The van der Waals surface area contributed by atoms with Crippen LogP contribution in [0.25, 0.3) is 0 Å². The molecule has 0 aliphatic rings. The lowest BCUT2D eigenvalue weighted by Gasteiger charge is -1.69. The highest BCUT2D eigenvalue weighted by atomic mass is 14.2. The predicted octanol–water partition coefficient (Wildman–Crippen LogP) is 3.49. The molecular formula is C10H17N. The molecule has 1 rings (SSSR count). The van der Waals surface area contributed by atoms with Crippen molar-refractivity contribution in [2.75, 3.05) is 0 Å². The molecule has 0 fully saturated rings. The molecule has 0 heterocycles. The summed E-state index contributed by atoms with van der Waals surface area (Å²) in [5.41, 5.74) is 0. The molecule has 0 saturated heterocycles. The van der Waals surface area contributed by atoms with E-state index in [4.69, 9.17) is 5.26 Å². The summed E-state index contributed by atoms with van der Waals surface area (Å²) in [4.78, 5) is 0. The van der Waals surface area contributed by atoms with Crippen LogP contribution < -0.4 is 0 Å². The maximum absolute atomic E-state index is 6.50. The Balaban J connectivity index is -0.000000114. The quantitative estimate of drug-likeness (QED) is 0.556. The van der Waals surface area contributed by atoms with Gasteiger partial charge in [0.05, 0.1) is 0 Å². The van der Waals surface area contributed by atoms with Gasteiger partial charge in [-0.2, -0.15) is 0 Å². The molecule has 0 N–H and O–H groups in total. The van der Waals surface area contributed by atoms with Crippen molar-refractivity contribution < 1.29 is 0 Å². The van der Waals surface area contributed by atoms with E-state index in [1.54, 1.807) is 0 Å². The Hall–Kier alpha value is -1.29. The fourth-order valence-electron chi connectivity index (χ4n) is 0.385. The van der Waals surface area contributed by atoms with E-state index in [2.05, 4.69) is 6.57 Å². The van der Waals surface area contributed by atoms with E-state index in [1.165, 1.54) is 0 Å². The van der Waals surface area contributed by atoms with Gasteiger partial charge < -0.3 is 0 Å². The molecule has 11 heavy (non-hydrogen) atoms. The minimum absolute atomic E-state index is 0. The van der Waals surface area contributed by atoms with Gasteiger partial charge in [0.15, 0.2) is 0 Å². The van der Waals surface area contributed by atoms with Gasteiger partial charge in [-0.3, -0.25) is 0 Å². The lowest BCUT2D eigenvalue weighted by Crippen LogP contribution is -1.47. The molecule has 0 aliphatic carbocycles. The van der Waals surface area contributed by atoms with Gasteiger partial charge in [-0.25, -0.2) is 5.26 Å². The van der Waals surface area contributed by atoms with Crippen LogP contribution in [-0.2, 0) is 0 Å². The van der Waals surface area contributed by atoms with E-state index >= 15 is 0 Å². The Morgan fingerprint density at radius 1 is 0.727 bits per heavy atom. The largest absolute Gasteiger partial charge is 0.202 e. The third-order valence-corrected chi connectivity index (χ3v) is 0.667. The van der Waals surface area contributed by atoms with E-state index in [-0.39, 0.29) is 7.43 Å². The molecule has 62 valence electrons. The molecule has 0 radical (unpaired) electrons. The first-order valence-electron chi connectivity index (χ1n) is 3.26. The van der Waals surface area contributed by atoms with Crippen molar-refractivity contribution in [2.24, 2.45) is 0 Å². The Morgan fingerprint density at radius 2 is 0.818 bits per heavy atom. The van der Waals surface area contributed by atoms with Crippen molar-refractivity contribution in [3.8, 4) is 6.57 Å². The van der Waals surface area contributed by atoms with Crippen LogP contribution in [0.1, 0.15) is 21.3 Å². The second-order valence-corrected chi connectivity index (χ2v) is 1.15. The van der Waals surface area contributed by atoms with E-state index in [0.29, 0.717) is 0 Å². The minimum atomic E-state index is 0. The highest BCUT2D eigenvalue weighted by Gasteiger charge is 1.57. The smallest absolute Gasteiger partial charge is 0.0462 e. The van der Waals surface area contributed by atoms with Crippen LogP contribution in [0.5, 0.6) is 0 Å². The van der Waals surface area contributed by atoms with Crippen LogP contribution in [0.15, 0.2) is 36.4 Å². The maximum Gasteiger partial charge on any atom is 0.0462 e. The first-order valence-corrected chi connectivity index (χ1v) is 3.26. The zero-order chi connectivity index (χ0) is 8.24. The topological polar surface area (TPSA) is 23.8 Å². The number of hydrogen-bond donors (Lipinski definition) is 0. The Bertz CT molecular complexity index is 105. The zero-order valence-corrected chi connectivity index (χ0v) is 6.49. The van der Waals surface area contributed by atoms with Gasteiger partial charge in [0, 0.05) is 6.57 Å². The van der Waals surface area contributed by atoms with Crippen LogP contribution in [0, 0.1) is 11.8 Å². The number of nitriles is 1. The molecule has 0 spiro atoms. The van der Waals surface area contributed by atoms with Crippen molar-refractivity contribution in [3.05, 3.63) is 36.4 Å². The van der Waals surface area contributed by atoms with E-state index < -0.39 is 0 Å². The van der Waals surface area contributed by atoms with Crippen molar-refractivity contribution in [3.63, 3.8) is 0 Å². The predicted molar refractivity (Wildman–Crippen MR) is 51.2 cm³/mol. The molecule has 0 aromatic heterocycles.